The molecule has 0 unspecified atom stereocenters. The number of aliphatic hydroxyl groups is 1. The fourth-order valence-electron chi connectivity index (χ4n) is 3.93. The maximum absolute atomic E-state index is 13.8. The smallest absolute Gasteiger partial charge is 0.413 e. The van der Waals surface area contributed by atoms with Crippen LogP contribution in [0.4, 0.5) is 16.3 Å². The van der Waals surface area contributed by atoms with Gasteiger partial charge in [0.1, 0.15) is 11.9 Å². The van der Waals surface area contributed by atoms with Gasteiger partial charge in [0.05, 0.1) is 12.6 Å². The van der Waals surface area contributed by atoms with E-state index in [0.717, 1.165) is 5.56 Å². The second kappa shape index (κ2) is 12.3. The number of aliphatic hydroxyl groups excluding tert-OH is 1. The van der Waals surface area contributed by atoms with Crippen LogP contribution in [0, 0.1) is 5.92 Å². The fraction of sp³-hybridized carbons (Fsp3) is 0.440. The van der Waals surface area contributed by atoms with Crippen molar-refractivity contribution in [3.05, 3.63) is 54.2 Å². The van der Waals surface area contributed by atoms with Gasteiger partial charge in [0.25, 0.3) is 5.91 Å². The molecule has 1 aromatic heterocycles. The molecule has 0 spiro atoms. The number of nitrogens with zero attached hydrogens (tertiary/aromatic N) is 2. The summed E-state index contributed by atoms with van der Waals surface area (Å²) in [6, 6.07) is 11.0. The SMILES string of the molecule is CC[C@H](NCCO)C(=O)N[C@H](C(=O)N1c2ncccc2C[C@@H]1OC(=O)Nc1ccccc1)C(C)C. The van der Waals surface area contributed by atoms with Crippen molar-refractivity contribution in [1.29, 1.82) is 0 Å². The molecule has 10 heteroatoms. The summed E-state index contributed by atoms with van der Waals surface area (Å²) < 4.78 is 5.65. The van der Waals surface area contributed by atoms with Crippen LogP contribution in [0.25, 0.3) is 0 Å². The Labute approximate surface area is 205 Å². The van der Waals surface area contributed by atoms with Crippen LogP contribution >= 0.6 is 0 Å². The third-order valence-corrected chi connectivity index (χ3v) is 5.74. The second-order valence-electron chi connectivity index (χ2n) is 8.62. The van der Waals surface area contributed by atoms with Crippen molar-refractivity contribution in [2.45, 2.75) is 51.9 Å². The summed E-state index contributed by atoms with van der Waals surface area (Å²) in [6.07, 6.45) is 0.732. The zero-order valence-corrected chi connectivity index (χ0v) is 20.2. The normalized spacial score (nSPS) is 16.4. The Morgan fingerprint density at radius 1 is 1.17 bits per heavy atom. The van der Waals surface area contributed by atoms with Gasteiger partial charge in [-0.2, -0.15) is 0 Å². The van der Waals surface area contributed by atoms with Crippen molar-refractivity contribution in [2.75, 3.05) is 23.4 Å². The molecular weight excluding hydrogens is 450 g/mol. The van der Waals surface area contributed by atoms with E-state index in [1.807, 2.05) is 32.9 Å². The number of fused-ring (bicyclic) bond motifs is 1. The lowest BCUT2D eigenvalue weighted by Crippen LogP contribution is -2.57. The van der Waals surface area contributed by atoms with Gasteiger partial charge in [-0.3, -0.25) is 19.8 Å². The number of ether oxygens (including phenoxy) is 1. The van der Waals surface area contributed by atoms with Crippen molar-refractivity contribution in [2.24, 2.45) is 5.92 Å². The highest BCUT2D eigenvalue weighted by Crippen LogP contribution is 2.32. The molecule has 0 fully saturated rings. The van der Waals surface area contributed by atoms with E-state index in [0.29, 0.717) is 17.9 Å². The first-order chi connectivity index (χ1) is 16.8. The highest BCUT2D eigenvalue weighted by Gasteiger charge is 2.42. The number of rotatable bonds is 10. The average Bonchev–Trinajstić information content (AvgIpc) is 3.20. The molecule has 4 N–H and O–H groups in total. The summed E-state index contributed by atoms with van der Waals surface area (Å²) in [4.78, 5) is 45.0. The van der Waals surface area contributed by atoms with E-state index in [2.05, 4.69) is 20.9 Å². The lowest BCUT2D eigenvalue weighted by molar-refractivity contribution is -0.130. The zero-order valence-electron chi connectivity index (χ0n) is 20.2. The molecule has 1 aromatic carbocycles. The predicted molar refractivity (Wildman–Crippen MR) is 132 cm³/mol. The zero-order chi connectivity index (χ0) is 25.4. The van der Waals surface area contributed by atoms with E-state index in [-0.39, 0.29) is 31.4 Å². The van der Waals surface area contributed by atoms with Gasteiger partial charge in [-0.15, -0.1) is 0 Å². The lowest BCUT2D eigenvalue weighted by Gasteiger charge is -2.31. The number of benzene rings is 1. The summed E-state index contributed by atoms with van der Waals surface area (Å²) >= 11 is 0. The number of hydrogen-bond acceptors (Lipinski definition) is 7. The summed E-state index contributed by atoms with van der Waals surface area (Å²) in [7, 11) is 0. The van der Waals surface area contributed by atoms with Crippen LogP contribution in [0.15, 0.2) is 48.7 Å². The number of pyridine rings is 1. The minimum atomic E-state index is -0.913. The second-order valence-corrected chi connectivity index (χ2v) is 8.62. The number of hydrogen-bond donors (Lipinski definition) is 4. The third-order valence-electron chi connectivity index (χ3n) is 5.74. The van der Waals surface area contributed by atoms with E-state index in [4.69, 9.17) is 9.84 Å². The molecule has 0 bridgehead atoms. The van der Waals surface area contributed by atoms with Gasteiger partial charge in [-0.1, -0.05) is 45.0 Å². The fourth-order valence-corrected chi connectivity index (χ4v) is 3.93. The van der Waals surface area contributed by atoms with E-state index in [1.165, 1.54) is 4.90 Å². The first-order valence-corrected chi connectivity index (χ1v) is 11.8. The molecule has 10 nitrogen and oxygen atoms in total. The predicted octanol–water partition coefficient (Wildman–Crippen LogP) is 2.05. The summed E-state index contributed by atoms with van der Waals surface area (Å²) in [5.74, 6) is -0.596. The quantitative estimate of drug-likeness (QED) is 0.406. The molecule has 1 aliphatic heterocycles. The van der Waals surface area contributed by atoms with Gasteiger partial charge in [0.15, 0.2) is 6.23 Å². The molecule has 0 aliphatic carbocycles. The molecule has 35 heavy (non-hydrogen) atoms. The Bertz CT molecular complexity index is 1020. The molecule has 0 radical (unpaired) electrons. The van der Waals surface area contributed by atoms with Gasteiger partial charge in [0.2, 0.25) is 5.91 Å². The van der Waals surface area contributed by atoms with Crippen LogP contribution < -0.4 is 20.9 Å². The lowest BCUT2D eigenvalue weighted by atomic mass is 10.0. The molecular formula is C25H33N5O5. The van der Waals surface area contributed by atoms with Gasteiger partial charge >= 0.3 is 6.09 Å². The molecule has 2 aromatic rings. The Morgan fingerprint density at radius 3 is 2.57 bits per heavy atom. The molecule has 188 valence electrons. The number of carbonyl (C=O) groups excluding carboxylic acids is 3. The topological polar surface area (TPSA) is 133 Å². The van der Waals surface area contributed by atoms with Crippen LogP contribution in [0.3, 0.4) is 0 Å². The number of nitrogens with one attached hydrogen (secondary N) is 3. The highest BCUT2D eigenvalue weighted by atomic mass is 16.6. The number of anilines is 2. The van der Waals surface area contributed by atoms with E-state index >= 15 is 0 Å². The molecule has 0 saturated heterocycles. The largest absolute Gasteiger partial charge is 0.424 e. The molecule has 1 aliphatic rings. The van der Waals surface area contributed by atoms with Crippen LogP contribution in [-0.4, -0.2) is 59.5 Å². The summed E-state index contributed by atoms with van der Waals surface area (Å²) in [5, 5.41) is 17.5. The van der Waals surface area contributed by atoms with Crippen molar-refractivity contribution in [3.63, 3.8) is 0 Å². The Kier molecular flexibility index (Phi) is 9.16. The Balaban J connectivity index is 1.80. The number of amides is 3. The van der Waals surface area contributed by atoms with Gasteiger partial charge in [-0.25, -0.2) is 9.78 Å². The van der Waals surface area contributed by atoms with Gasteiger partial charge in [0, 0.05) is 30.4 Å². The first-order valence-electron chi connectivity index (χ1n) is 11.8. The van der Waals surface area contributed by atoms with E-state index in [1.54, 1.807) is 36.5 Å². The number of aromatic nitrogens is 1. The van der Waals surface area contributed by atoms with Crippen LogP contribution in [-0.2, 0) is 20.7 Å². The standard InChI is InChI=1S/C25H33N5O5/c1-4-19(26-13-14-31)23(32)29-21(16(2)3)24(33)30-20(15-17-9-8-12-27-22(17)30)35-25(34)28-18-10-6-5-7-11-18/h5-12,16,19-21,26,31H,4,13-15H2,1-3H3,(H,28,34)(H,29,32)/t19-,20-,21-/m0/s1. The van der Waals surface area contributed by atoms with Gasteiger partial charge in [-0.05, 0) is 30.5 Å². The molecule has 3 amide bonds. The Morgan fingerprint density at radius 2 is 1.91 bits per heavy atom. The minimum Gasteiger partial charge on any atom is -0.424 e. The summed E-state index contributed by atoms with van der Waals surface area (Å²) in [6.45, 7) is 5.67. The number of para-hydroxylation sites is 1. The van der Waals surface area contributed by atoms with Crippen molar-refractivity contribution in [1.82, 2.24) is 15.6 Å². The number of carbonyl (C=O) groups is 3. The van der Waals surface area contributed by atoms with Crippen LogP contribution in [0.1, 0.15) is 32.8 Å². The molecule has 0 saturated carbocycles. The van der Waals surface area contributed by atoms with Crippen molar-refractivity contribution >= 4 is 29.4 Å². The van der Waals surface area contributed by atoms with E-state index < -0.39 is 30.3 Å². The van der Waals surface area contributed by atoms with Crippen molar-refractivity contribution < 1.29 is 24.2 Å². The van der Waals surface area contributed by atoms with Gasteiger partial charge < -0.3 is 20.5 Å². The van der Waals surface area contributed by atoms with Crippen molar-refractivity contribution in [3.8, 4) is 0 Å². The summed E-state index contributed by atoms with van der Waals surface area (Å²) in [5.41, 5.74) is 1.33. The van der Waals surface area contributed by atoms with Crippen LogP contribution in [0.5, 0.6) is 0 Å². The monoisotopic (exact) mass is 483 g/mol. The molecule has 3 rings (SSSR count). The average molecular weight is 484 g/mol. The molecule has 2 heterocycles. The minimum absolute atomic E-state index is 0.101. The molecule has 3 atom stereocenters. The van der Waals surface area contributed by atoms with Crippen LogP contribution in [0.2, 0.25) is 0 Å². The maximum Gasteiger partial charge on any atom is 0.413 e. The third kappa shape index (κ3) is 6.55. The van der Waals surface area contributed by atoms with E-state index in [9.17, 15) is 14.4 Å². The first kappa shape index (κ1) is 26.1. The highest BCUT2D eigenvalue weighted by molar-refractivity contribution is 6.01. The maximum atomic E-state index is 13.8. The Hall–Kier alpha value is -3.50.